The van der Waals surface area contributed by atoms with Crippen LogP contribution in [0.2, 0.25) is 0 Å². The molecule has 0 spiro atoms. The molecule has 6 aromatic rings. The van der Waals surface area contributed by atoms with Crippen molar-refractivity contribution in [1.29, 1.82) is 0 Å². The van der Waals surface area contributed by atoms with Crippen molar-refractivity contribution in [2.24, 2.45) is 0 Å². The molecule has 7 nitrogen and oxygen atoms in total. The van der Waals surface area contributed by atoms with Crippen LogP contribution in [0.5, 0.6) is 0 Å². The summed E-state index contributed by atoms with van der Waals surface area (Å²) in [5, 5.41) is 0.295. The highest BCUT2D eigenvalue weighted by Crippen LogP contribution is 2.38. The van der Waals surface area contributed by atoms with Crippen molar-refractivity contribution in [1.82, 2.24) is 19.0 Å². The molecule has 3 aromatic carbocycles. The molecule has 0 radical (unpaired) electrons. The van der Waals surface area contributed by atoms with Gasteiger partial charge >= 0.3 is 5.69 Å². The van der Waals surface area contributed by atoms with Crippen LogP contribution in [-0.4, -0.2) is 31.8 Å². The lowest BCUT2D eigenvalue weighted by molar-refractivity contribution is -0.118. The maximum absolute atomic E-state index is 15.0. The van der Waals surface area contributed by atoms with Gasteiger partial charge in [-0.1, -0.05) is 61.5 Å². The third-order valence-electron chi connectivity index (χ3n) is 8.06. The smallest absolute Gasteiger partial charge is 0.299 e. The molecule has 0 saturated heterocycles. The third-order valence-corrected chi connectivity index (χ3v) is 9.37. The van der Waals surface area contributed by atoms with Gasteiger partial charge in [-0.3, -0.25) is 24.0 Å². The van der Waals surface area contributed by atoms with Crippen molar-refractivity contribution in [3.05, 3.63) is 152 Å². The highest BCUT2D eigenvalue weighted by atomic mass is 32.1. The molecule has 3 aromatic heterocycles. The zero-order valence-electron chi connectivity index (χ0n) is 26.0. The minimum atomic E-state index is -0.785. The van der Waals surface area contributed by atoms with Crippen LogP contribution >= 0.6 is 11.3 Å². The first-order valence-electron chi connectivity index (χ1n) is 15.2. The average Bonchev–Trinajstić information content (AvgIpc) is 3.44. The van der Waals surface area contributed by atoms with E-state index in [1.165, 1.54) is 22.0 Å². The zero-order chi connectivity index (χ0) is 33.1. The lowest BCUT2D eigenvalue weighted by atomic mass is 10.0. The topological polar surface area (TPSA) is 77.2 Å². The first-order chi connectivity index (χ1) is 22.7. The highest BCUT2D eigenvalue weighted by Gasteiger charge is 2.25. The van der Waals surface area contributed by atoms with E-state index in [0.717, 1.165) is 38.4 Å². The van der Waals surface area contributed by atoms with Crippen LogP contribution in [-0.2, 0) is 30.8 Å². The first-order valence-corrected chi connectivity index (χ1v) is 16.1. The Morgan fingerprint density at radius 1 is 0.851 bits per heavy atom. The lowest BCUT2D eigenvalue weighted by Gasteiger charge is -2.18. The Morgan fingerprint density at radius 3 is 2.21 bits per heavy atom. The van der Waals surface area contributed by atoms with Gasteiger partial charge in [0.25, 0.3) is 5.56 Å². The molecule has 3 heterocycles. The van der Waals surface area contributed by atoms with E-state index >= 15 is 0 Å². The molecular weight excluding hydrogens is 618 g/mol. The summed E-state index contributed by atoms with van der Waals surface area (Å²) in [5.74, 6) is -1.44. The van der Waals surface area contributed by atoms with Gasteiger partial charge in [0, 0.05) is 42.6 Å². The molecular formula is C37H32F2N4O3S. The SMILES string of the molecule is CCC(=O)Cc1ccc(-c2sc3c(c2CN(C)Cc2ccccn2)c(=O)n(-c2ccccc2)c(=O)n3Cc2c(F)cccc2F)cc1. The lowest BCUT2D eigenvalue weighted by Crippen LogP contribution is -2.39. The summed E-state index contributed by atoms with van der Waals surface area (Å²) in [6.45, 7) is 2.22. The predicted molar refractivity (Wildman–Crippen MR) is 181 cm³/mol. The minimum absolute atomic E-state index is 0.127. The minimum Gasteiger partial charge on any atom is -0.299 e. The largest absolute Gasteiger partial charge is 0.337 e. The van der Waals surface area contributed by atoms with Crippen molar-refractivity contribution in [3.63, 3.8) is 0 Å². The normalized spacial score (nSPS) is 11.4. The average molecular weight is 651 g/mol. The molecule has 0 atom stereocenters. The summed E-state index contributed by atoms with van der Waals surface area (Å²) in [6, 6.07) is 25.3. The van der Waals surface area contributed by atoms with Crippen molar-refractivity contribution < 1.29 is 13.6 Å². The number of para-hydroxylation sites is 1. The molecule has 0 fully saturated rings. The fraction of sp³-hybridized carbons (Fsp3) is 0.189. The zero-order valence-corrected chi connectivity index (χ0v) is 26.8. The van der Waals surface area contributed by atoms with Crippen LogP contribution < -0.4 is 11.2 Å². The van der Waals surface area contributed by atoms with Crippen LogP contribution in [0.3, 0.4) is 0 Å². The standard InChI is InChI=1S/C37H32F2N4O3S/c1-3-28(44)20-24-15-17-25(18-16-24)34-30(22-41(2)21-26-10-7-8-19-40-26)33-35(45)43(27-11-5-4-6-12-27)37(46)42(36(33)47-34)23-29-31(38)13-9-14-32(29)39/h4-19H,3,20-23H2,1-2H3. The number of aromatic nitrogens is 3. The van der Waals surface area contributed by atoms with E-state index in [4.69, 9.17) is 0 Å². The Balaban J connectivity index is 1.61. The highest BCUT2D eigenvalue weighted by molar-refractivity contribution is 7.22. The number of hydrogen-bond donors (Lipinski definition) is 0. The Labute approximate surface area is 274 Å². The molecule has 0 bridgehead atoms. The number of fused-ring (bicyclic) bond motifs is 1. The van der Waals surface area contributed by atoms with Crippen LogP contribution in [0, 0.1) is 11.6 Å². The molecule has 0 aliphatic rings. The summed E-state index contributed by atoms with van der Waals surface area (Å²) in [5.41, 5.74) is 2.03. The number of Topliss-reactive ketones (excluding diaryl/α,β-unsaturated/α-hetero) is 1. The Bertz CT molecular complexity index is 2160. The van der Waals surface area contributed by atoms with Gasteiger partial charge in [-0.05, 0) is 60.1 Å². The van der Waals surface area contributed by atoms with E-state index in [9.17, 15) is 23.2 Å². The number of carbonyl (C=O) groups is 1. The van der Waals surface area contributed by atoms with Crippen molar-refractivity contribution >= 4 is 27.3 Å². The second-order valence-electron chi connectivity index (χ2n) is 11.4. The molecule has 6 rings (SSSR count). The first kappa shape index (κ1) is 31.9. The van der Waals surface area contributed by atoms with Crippen LogP contribution in [0.25, 0.3) is 26.3 Å². The van der Waals surface area contributed by atoms with Crippen LogP contribution in [0.1, 0.15) is 35.7 Å². The number of ketones is 1. The Hall–Kier alpha value is -5.06. The Morgan fingerprint density at radius 2 is 1.55 bits per heavy atom. The van der Waals surface area contributed by atoms with E-state index < -0.39 is 29.4 Å². The van der Waals surface area contributed by atoms with Gasteiger partial charge in [0.15, 0.2) is 0 Å². The Kier molecular flexibility index (Phi) is 9.33. The second-order valence-corrected chi connectivity index (χ2v) is 12.4. The second kappa shape index (κ2) is 13.7. The molecule has 0 aliphatic carbocycles. The molecule has 0 amide bonds. The number of pyridine rings is 1. The molecule has 0 aliphatic heterocycles. The maximum Gasteiger partial charge on any atom is 0.337 e. The fourth-order valence-electron chi connectivity index (χ4n) is 5.66. The number of rotatable bonds is 11. The number of halogens is 2. The molecule has 10 heteroatoms. The molecule has 47 heavy (non-hydrogen) atoms. The molecule has 238 valence electrons. The van der Waals surface area contributed by atoms with Crippen molar-refractivity contribution in [2.75, 3.05) is 7.05 Å². The van der Waals surface area contributed by atoms with E-state index in [1.54, 1.807) is 36.5 Å². The van der Waals surface area contributed by atoms with E-state index in [-0.39, 0.29) is 11.3 Å². The summed E-state index contributed by atoms with van der Waals surface area (Å²) in [4.78, 5) is 48.2. The summed E-state index contributed by atoms with van der Waals surface area (Å²) in [6.07, 6.45) is 2.48. The van der Waals surface area contributed by atoms with E-state index in [2.05, 4.69) is 4.98 Å². The van der Waals surface area contributed by atoms with Crippen LogP contribution in [0.4, 0.5) is 8.78 Å². The maximum atomic E-state index is 15.0. The third kappa shape index (κ3) is 6.61. The number of carbonyl (C=O) groups excluding carboxylic acids is 1. The van der Waals surface area contributed by atoms with Gasteiger partial charge in [-0.2, -0.15) is 0 Å². The van der Waals surface area contributed by atoms with Gasteiger partial charge in [0.1, 0.15) is 22.2 Å². The van der Waals surface area contributed by atoms with Gasteiger partial charge in [-0.15, -0.1) is 11.3 Å². The molecule has 0 saturated carbocycles. The van der Waals surface area contributed by atoms with Crippen molar-refractivity contribution in [3.8, 4) is 16.1 Å². The summed E-state index contributed by atoms with van der Waals surface area (Å²) in [7, 11) is 1.92. The van der Waals surface area contributed by atoms with Gasteiger partial charge in [0.05, 0.1) is 23.3 Å². The van der Waals surface area contributed by atoms with Crippen molar-refractivity contribution in [2.45, 2.75) is 39.4 Å². The molecule has 0 N–H and O–H groups in total. The van der Waals surface area contributed by atoms with Crippen LogP contribution in [0.15, 0.2) is 107 Å². The number of nitrogens with zero attached hydrogens (tertiary/aromatic N) is 4. The van der Waals surface area contributed by atoms with Gasteiger partial charge in [0.2, 0.25) is 0 Å². The number of benzene rings is 3. The molecule has 0 unspecified atom stereocenters. The monoisotopic (exact) mass is 650 g/mol. The predicted octanol–water partition coefficient (Wildman–Crippen LogP) is 6.76. The quantitative estimate of drug-likeness (QED) is 0.155. The summed E-state index contributed by atoms with van der Waals surface area (Å²) >= 11 is 1.23. The van der Waals surface area contributed by atoms with E-state index in [0.29, 0.717) is 47.4 Å². The summed E-state index contributed by atoms with van der Waals surface area (Å²) < 4.78 is 32.3. The number of hydrogen-bond acceptors (Lipinski definition) is 6. The van der Waals surface area contributed by atoms with Gasteiger partial charge < -0.3 is 0 Å². The van der Waals surface area contributed by atoms with Gasteiger partial charge in [-0.25, -0.2) is 18.1 Å². The number of thiophene rings is 1. The van der Waals surface area contributed by atoms with E-state index in [1.807, 2.05) is 61.3 Å². The fourth-order valence-corrected chi connectivity index (χ4v) is 6.96.